The molecule has 0 aliphatic rings. The molecule has 0 unspecified atom stereocenters. The van der Waals surface area contributed by atoms with Crippen LogP contribution >= 0.6 is 11.8 Å². The minimum atomic E-state index is -0.0648. The number of carbonyl (C=O) groups is 1. The maximum Gasteiger partial charge on any atom is 0.230 e. The van der Waals surface area contributed by atoms with E-state index < -0.39 is 0 Å². The van der Waals surface area contributed by atoms with E-state index in [-0.39, 0.29) is 11.7 Å². The van der Waals surface area contributed by atoms with Crippen molar-refractivity contribution in [3.05, 3.63) is 102 Å². The van der Waals surface area contributed by atoms with Gasteiger partial charge in [0.15, 0.2) is 5.16 Å². The minimum Gasteiger partial charge on any atom is -0.497 e. The second-order valence-electron chi connectivity index (χ2n) is 7.15. The summed E-state index contributed by atoms with van der Waals surface area (Å²) in [6, 6.07) is 27.8. The molecule has 1 aromatic heterocycles. The highest BCUT2D eigenvalue weighted by atomic mass is 32.2. The van der Waals surface area contributed by atoms with Crippen LogP contribution in [0.4, 0.5) is 0 Å². The summed E-state index contributed by atoms with van der Waals surface area (Å²) in [5.41, 5.74) is 3.12. The summed E-state index contributed by atoms with van der Waals surface area (Å²) in [5.74, 6) is 1.79. The van der Waals surface area contributed by atoms with Crippen molar-refractivity contribution in [2.75, 3.05) is 12.9 Å². The molecule has 7 heteroatoms. The molecule has 3 aromatic carbocycles. The van der Waals surface area contributed by atoms with Crippen LogP contribution in [0.15, 0.2) is 90.1 Å². The fourth-order valence-electron chi connectivity index (χ4n) is 3.29. The molecule has 0 saturated heterocycles. The van der Waals surface area contributed by atoms with Crippen LogP contribution in [-0.2, 0) is 17.8 Å². The monoisotopic (exact) mass is 444 g/mol. The number of hydrogen-bond acceptors (Lipinski definition) is 5. The molecule has 4 rings (SSSR count). The molecule has 0 saturated carbocycles. The Kier molecular flexibility index (Phi) is 7.19. The normalized spacial score (nSPS) is 10.7. The quantitative estimate of drug-likeness (QED) is 0.390. The number of amides is 1. The number of hydrogen-bond donors (Lipinski definition) is 1. The van der Waals surface area contributed by atoms with Crippen molar-refractivity contribution in [3.63, 3.8) is 0 Å². The third kappa shape index (κ3) is 5.56. The first-order chi connectivity index (χ1) is 15.7. The molecule has 0 bridgehead atoms. The van der Waals surface area contributed by atoms with E-state index in [1.165, 1.54) is 11.8 Å². The second-order valence-corrected chi connectivity index (χ2v) is 8.09. The molecule has 1 heterocycles. The number of aromatic nitrogens is 3. The van der Waals surface area contributed by atoms with Gasteiger partial charge in [0.2, 0.25) is 5.91 Å². The lowest BCUT2D eigenvalue weighted by molar-refractivity contribution is -0.118. The number of benzene rings is 3. The Bertz CT molecular complexity index is 1160. The van der Waals surface area contributed by atoms with E-state index in [2.05, 4.69) is 27.6 Å². The Hall–Kier alpha value is -3.58. The first kappa shape index (κ1) is 21.6. The van der Waals surface area contributed by atoms with Crippen molar-refractivity contribution in [2.24, 2.45) is 0 Å². The van der Waals surface area contributed by atoms with Crippen LogP contribution in [0.2, 0.25) is 0 Å². The van der Waals surface area contributed by atoms with Crippen LogP contribution in [0.1, 0.15) is 17.0 Å². The molecule has 0 atom stereocenters. The van der Waals surface area contributed by atoms with E-state index in [1.54, 1.807) is 7.11 Å². The Labute approximate surface area is 191 Å². The van der Waals surface area contributed by atoms with Gasteiger partial charge in [0, 0.05) is 18.7 Å². The molecule has 1 N–H and O–H groups in total. The lowest BCUT2D eigenvalue weighted by atomic mass is 10.1. The molecular weight excluding hydrogens is 420 g/mol. The zero-order valence-corrected chi connectivity index (χ0v) is 18.6. The van der Waals surface area contributed by atoms with Crippen LogP contribution in [0.3, 0.4) is 0 Å². The Morgan fingerprint density at radius 2 is 1.66 bits per heavy atom. The van der Waals surface area contributed by atoms with Gasteiger partial charge in [0.05, 0.1) is 12.9 Å². The van der Waals surface area contributed by atoms with Crippen molar-refractivity contribution in [3.8, 4) is 11.4 Å². The summed E-state index contributed by atoms with van der Waals surface area (Å²) < 4.78 is 7.25. The molecule has 4 aromatic rings. The lowest BCUT2D eigenvalue weighted by Gasteiger charge is -2.11. The fraction of sp³-hybridized carbons (Fsp3) is 0.160. The van der Waals surface area contributed by atoms with E-state index in [0.29, 0.717) is 18.1 Å². The first-order valence-corrected chi connectivity index (χ1v) is 11.3. The number of nitrogens with zero attached hydrogens (tertiary/aromatic N) is 3. The van der Waals surface area contributed by atoms with E-state index >= 15 is 0 Å². The molecule has 32 heavy (non-hydrogen) atoms. The molecule has 0 aliphatic heterocycles. The third-order valence-corrected chi connectivity index (χ3v) is 5.80. The van der Waals surface area contributed by atoms with Crippen molar-refractivity contribution in [1.82, 2.24) is 20.1 Å². The zero-order valence-electron chi connectivity index (χ0n) is 17.8. The number of methoxy groups -OCH3 is 1. The largest absolute Gasteiger partial charge is 0.497 e. The van der Waals surface area contributed by atoms with Crippen LogP contribution < -0.4 is 10.1 Å². The minimum absolute atomic E-state index is 0.0648. The highest BCUT2D eigenvalue weighted by Crippen LogP contribution is 2.23. The van der Waals surface area contributed by atoms with Crippen molar-refractivity contribution >= 4 is 17.7 Å². The van der Waals surface area contributed by atoms with E-state index in [9.17, 15) is 4.79 Å². The Morgan fingerprint density at radius 1 is 0.938 bits per heavy atom. The Balaban J connectivity index is 1.45. The SMILES string of the molecule is COc1cccc(CNC(=O)CSc2nnc(Cc3ccccc3)n2-c2ccccc2)c1. The molecule has 0 spiro atoms. The number of ether oxygens (including phenoxy) is 1. The molecule has 6 nitrogen and oxygen atoms in total. The number of carbonyl (C=O) groups excluding carboxylic acids is 1. The lowest BCUT2D eigenvalue weighted by Crippen LogP contribution is -2.24. The average Bonchev–Trinajstić information content (AvgIpc) is 3.25. The zero-order chi connectivity index (χ0) is 22.2. The standard InChI is InChI=1S/C25H24N4O2S/c1-31-22-14-8-11-20(15-22)17-26-24(30)18-32-25-28-27-23(16-19-9-4-2-5-10-19)29(25)21-12-6-3-7-13-21/h2-15H,16-18H2,1H3,(H,26,30). The van der Waals surface area contributed by atoms with Gasteiger partial charge in [0.25, 0.3) is 0 Å². The maximum atomic E-state index is 12.5. The van der Waals surface area contributed by atoms with Crippen LogP contribution in [0.5, 0.6) is 5.75 Å². The number of para-hydroxylation sites is 1. The van der Waals surface area contributed by atoms with Gasteiger partial charge in [-0.1, -0.05) is 72.4 Å². The van der Waals surface area contributed by atoms with Crippen molar-refractivity contribution in [2.45, 2.75) is 18.1 Å². The average molecular weight is 445 g/mol. The van der Waals surface area contributed by atoms with Gasteiger partial charge in [-0.05, 0) is 35.4 Å². The van der Waals surface area contributed by atoms with Crippen LogP contribution in [0.25, 0.3) is 5.69 Å². The molecule has 0 fully saturated rings. The van der Waals surface area contributed by atoms with Gasteiger partial charge >= 0.3 is 0 Å². The van der Waals surface area contributed by atoms with E-state index in [1.807, 2.05) is 77.4 Å². The third-order valence-electron chi connectivity index (χ3n) is 4.88. The van der Waals surface area contributed by atoms with Gasteiger partial charge in [-0.25, -0.2) is 0 Å². The summed E-state index contributed by atoms with van der Waals surface area (Å²) in [7, 11) is 1.63. The number of rotatable bonds is 9. The molecular formula is C25H24N4O2S. The highest BCUT2D eigenvalue weighted by Gasteiger charge is 2.16. The van der Waals surface area contributed by atoms with Gasteiger partial charge in [-0.3, -0.25) is 9.36 Å². The smallest absolute Gasteiger partial charge is 0.230 e. The van der Waals surface area contributed by atoms with E-state index in [0.717, 1.165) is 28.4 Å². The van der Waals surface area contributed by atoms with E-state index in [4.69, 9.17) is 4.74 Å². The summed E-state index contributed by atoms with van der Waals surface area (Å²) in [4.78, 5) is 12.5. The highest BCUT2D eigenvalue weighted by molar-refractivity contribution is 7.99. The topological polar surface area (TPSA) is 69.0 Å². The summed E-state index contributed by atoms with van der Waals surface area (Å²) in [5, 5.41) is 12.5. The fourth-order valence-corrected chi connectivity index (χ4v) is 4.09. The first-order valence-electron chi connectivity index (χ1n) is 10.3. The number of nitrogens with one attached hydrogen (secondary N) is 1. The van der Waals surface area contributed by atoms with Gasteiger partial charge in [-0.2, -0.15) is 0 Å². The predicted octanol–water partition coefficient (Wildman–Crippen LogP) is 4.28. The van der Waals surface area contributed by atoms with Crippen LogP contribution in [-0.4, -0.2) is 33.5 Å². The maximum absolute atomic E-state index is 12.5. The summed E-state index contributed by atoms with van der Waals surface area (Å²) in [6.07, 6.45) is 0.658. The molecule has 1 amide bonds. The van der Waals surface area contributed by atoms with Gasteiger partial charge in [0.1, 0.15) is 11.6 Å². The molecule has 0 radical (unpaired) electrons. The van der Waals surface area contributed by atoms with Gasteiger partial charge < -0.3 is 10.1 Å². The Morgan fingerprint density at radius 3 is 2.41 bits per heavy atom. The number of thioether (sulfide) groups is 1. The van der Waals surface area contributed by atoms with Gasteiger partial charge in [-0.15, -0.1) is 10.2 Å². The van der Waals surface area contributed by atoms with Crippen molar-refractivity contribution in [1.29, 1.82) is 0 Å². The van der Waals surface area contributed by atoms with Crippen LogP contribution in [0, 0.1) is 0 Å². The van der Waals surface area contributed by atoms with Crippen molar-refractivity contribution < 1.29 is 9.53 Å². The predicted molar refractivity (Wildman–Crippen MR) is 126 cm³/mol. The summed E-state index contributed by atoms with van der Waals surface area (Å²) in [6.45, 7) is 0.446. The summed E-state index contributed by atoms with van der Waals surface area (Å²) >= 11 is 1.38. The molecule has 162 valence electrons. The second kappa shape index (κ2) is 10.6. The molecule has 0 aliphatic carbocycles.